The van der Waals surface area contributed by atoms with E-state index in [2.05, 4.69) is 54.3 Å². The lowest BCUT2D eigenvalue weighted by atomic mass is 9.96. The van der Waals surface area contributed by atoms with Gasteiger partial charge in [-0.05, 0) is 36.9 Å². The molecule has 1 N–H and O–H groups in total. The number of allylic oxidation sites excluding steroid dienone is 1. The van der Waals surface area contributed by atoms with Crippen molar-refractivity contribution < 1.29 is 9.53 Å². The van der Waals surface area contributed by atoms with Crippen LogP contribution in [-0.2, 0) is 4.43 Å². The average molecular weight is 287 g/mol. The first-order chi connectivity index (χ1) is 8.55. The Morgan fingerprint density at radius 3 is 2.11 bits per heavy atom. The highest BCUT2D eigenvalue weighted by atomic mass is 28.4. The Balaban J connectivity index is 4.73. The molecule has 0 unspecified atom stereocenters. The van der Waals surface area contributed by atoms with E-state index in [1.54, 1.807) is 0 Å². The highest BCUT2D eigenvalue weighted by Crippen LogP contribution is 2.38. The van der Waals surface area contributed by atoms with Gasteiger partial charge in [-0.25, -0.2) is 0 Å². The Morgan fingerprint density at radius 2 is 1.74 bits per heavy atom. The maximum atomic E-state index is 9.44. The molecule has 0 aromatic rings. The van der Waals surface area contributed by atoms with Gasteiger partial charge in [0.2, 0.25) is 0 Å². The molecule has 0 amide bonds. The first kappa shape index (κ1) is 18.9. The van der Waals surface area contributed by atoms with Crippen LogP contribution in [0.1, 0.15) is 47.5 Å². The Labute approximate surface area is 121 Å². The Kier molecular flexibility index (Phi) is 7.55. The topological polar surface area (TPSA) is 29.5 Å². The highest BCUT2D eigenvalue weighted by molar-refractivity contribution is 6.74. The van der Waals surface area contributed by atoms with Gasteiger partial charge in [0, 0.05) is 18.6 Å². The predicted octanol–water partition coefficient (Wildman–Crippen LogP) is 4.61. The Morgan fingerprint density at radius 1 is 1.21 bits per heavy atom. The van der Waals surface area contributed by atoms with Gasteiger partial charge in [-0.1, -0.05) is 40.7 Å². The van der Waals surface area contributed by atoms with E-state index in [0.29, 0.717) is 5.92 Å². The Bertz CT molecular complexity index is 268. The Hall–Kier alpha value is -0.123. The van der Waals surface area contributed by atoms with Gasteiger partial charge in [0.15, 0.2) is 8.32 Å². The number of rotatable bonds is 8. The molecular formula is C16H34O2Si. The molecule has 0 aromatic heterocycles. The minimum Gasteiger partial charge on any atom is -0.414 e. The first-order valence-corrected chi connectivity index (χ1v) is 10.4. The van der Waals surface area contributed by atoms with E-state index >= 15 is 0 Å². The van der Waals surface area contributed by atoms with E-state index in [1.165, 1.54) is 0 Å². The molecule has 2 nitrogen and oxygen atoms in total. The summed E-state index contributed by atoms with van der Waals surface area (Å²) in [5, 5.41) is 9.66. The van der Waals surface area contributed by atoms with Crippen LogP contribution in [-0.4, -0.2) is 26.1 Å². The molecule has 0 fully saturated rings. The van der Waals surface area contributed by atoms with Crippen molar-refractivity contribution in [3.8, 4) is 0 Å². The minimum absolute atomic E-state index is 0.160. The summed E-state index contributed by atoms with van der Waals surface area (Å²) in [4.78, 5) is 0. The molecule has 0 spiro atoms. The van der Waals surface area contributed by atoms with Gasteiger partial charge in [-0.15, -0.1) is 6.58 Å². The van der Waals surface area contributed by atoms with Crippen LogP contribution in [0.4, 0.5) is 0 Å². The van der Waals surface area contributed by atoms with Crippen molar-refractivity contribution in [2.45, 2.75) is 71.7 Å². The second-order valence-electron chi connectivity index (χ2n) is 7.37. The lowest BCUT2D eigenvalue weighted by Gasteiger charge is -2.41. The maximum absolute atomic E-state index is 9.44. The van der Waals surface area contributed by atoms with Crippen molar-refractivity contribution in [3.05, 3.63) is 12.7 Å². The molecule has 0 bridgehead atoms. The molecule has 0 aliphatic heterocycles. The fourth-order valence-corrected chi connectivity index (χ4v) is 3.14. The predicted molar refractivity (Wildman–Crippen MR) is 86.9 cm³/mol. The van der Waals surface area contributed by atoms with Crippen LogP contribution in [0.5, 0.6) is 0 Å². The molecule has 0 saturated heterocycles. The molecule has 114 valence electrons. The van der Waals surface area contributed by atoms with E-state index in [-0.39, 0.29) is 23.7 Å². The third kappa shape index (κ3) is 6.24. The van der Waals surface area contributed by atoms with E-state index in [9.17, 15) is 5.11 Å². The molecule has 0 saturated carbocycles. The van der Waals surface area contributed by atoms with Crippen LogP contribution >= 0.6 is 0 Å². The van der Waals surface area contributed by atoms with Crippen molar-refractivity contribution in [2.75, 3.05) is 6.61 Å². The van der Waals surface area contributed by atoms with Crippen LogP contribution in [0.25, 0.3) is 0 Å². The van der Waals surface area contributed by atoms with Crippen molar-refractivity contribution in [2.24, 2.45) is 11.8 Å². The molecule has 0 aromatic carbocycles. The lowest BCUT2D eigenvalue weighted by Crippen LogP contribution is -2.46. The van der Waals surface area contributed by atoms with Crippen LogP contribution in [0.3, 0.4) is 0 Å². The third-order valence-corrected chi connectivity index (χ3v) is 8.99. The highest BCUT2D eigenvalue weighted by Gasteiger charge is 2.39. The van der Waals surface area contributed by atoms with Crippen LogP contribution in [0, 0.1) is 11.8 Å². The molecule has 3 heteroatoms. The molecule has 0 radical (unpaired) electrons. The number of aliphatic hydroxyl groups excluding tert-OH is 1. The van der Waals surface area contributed by atoms with Crippen molar-refractivity contribution in [1.82, 2.24) is 0 Å². The fraction of sp³-hybridized carbons (Fsp3) is 0.875. The minimum atomic E-state index is -1.77. The fourth-order valence-electron chi connectivity index (χ4n) is 1.68. The van der Waals surface area contributed by atoms with Gasteiger partial charge in [0.1, 0.15) is 0 Å². The second kappa shape index (κ2) is 7.60. The molecule has 19 heavy (non-hydrogen) atoms. The van der Waals surface area contributed by atoms with Crippen LogP contribution in [0.2, 0.25) is 18.1 Å². The van der Waals surface area contributed by atoms with Gasteiger partial charge >= 0.3 is 0 Å². The first-order valence-electron chi connectivity index (χ1n) is 7.46. The van der Waals surface area contributed by atoms with Crippen molar-refractivity contribution in [1.29, 1.82) is 0 Å². The molecule has 0 heterocycles. The van der Waals surface area contributed by atoms with Crippen LogP contribution < -0.4 is 0 Å². The summed E-state index contributed by atoms with van der Waals surface area (Å²) >= 11 is 0. The quantitative estimate of drug-likeness (QED) is 0.521. The molecule has 0 rings (SSSR count). The summed E-state index contributed by atoms with van der Waals surface area (Å²) in [5.41, 5.74) is 0. The smallest absolute Gasteiger partial charge is 0.192 e. The zero-order valence-corrected chi connectivity index (χ0v) is 15.0. The van der Waals surface area contributed by atoms with Gasteiger partial charge in [-0.3, -0.25) is 0 Å². The summed E-state index contributed by atoms with van der Waals surface area (Å²) in [6.45, 7) is 19.6. The van der Waals surface area contributed by atoms with Gasteiger partial charge in [0.25, 0.3) is 0 Å². The summed E-state index contributed by atoms with van der Waals surface area (Å²) in [6.07, 6.45) is 4.23. The summed E-state index contributed by atoms with van der Waals surface area (Å²) < 4.78 is 6.49. The van der Waals surface area contributed by atoms with Crippen LogP contribution in [0.15, 0.2) is 12.7 Å². The SMILES string of the molecule is C=C[C@@H](C)CC[C@H](O[Si](C)(C)C(C)(C)C)[C@H](C)CO. The molecule has 0 aliphatic rings. The average Bonchev–Trinajstić information content (AvgIpc) is 2.31. The summed E-state index contributed by atoms with van der Waals surface area (Å²) in [7, 11) is -1.77. The monoisotopic (exact) mass is 286 g/mol. The van der Waals surface area contributed by atoms with E-state index in [1.807, 2.05) is 6.08 Å². The van der Waals surface area contributed by atoms with Crippen molar-refractivity contribution in [3.63, 3.8) is 0 Å². The molecule has 0 aliphatic carbocycles. The molecular weight excluding hydrogens is 252 g/mol. The zero-order valence-electron chi connectivity index (χ0n) is 14.0. The summed E-state index contributed by atoms with van der Waals surface area (Å²) in [5.74, 6) is 0.711. The third-order valence-electron chi connectivity index (χ3n) is 4.48. The normalized spacial score (nSPS) is 17.9. The summed E-state index contributed by atoms with van der Waals surface area (Å²) in [6, 6.07) is 0. The second-order valence-corrected chi connectivity index (χ2v) is 12.1. The number of aliphatic hydroxyl groups is 1. The molecule has 3 atom stereocenters. The van der Waals surface area contributed by atoms with Crippen molar-refractivity contribution >= 4 is 8.32 Å². The lowest BCUT2D eigenvalue weighted by molar-refractivity contribution is 0.0751. The number of hydrogen-bond donors (Lipinski definition) is 1. The standard InChI is InChI=1S/C16H34O2Si/c1-9-13(2)10-11-15(14(3)12-17)18-19(7,8)16(4,5)6/h9,13-15,17H,1,10-12H2,2-8H3/t13-,14-,15+/m1/s1. The van der Waals surface area contributed by atoms with Gasteiger partial charge < -0.3 is 9.53 Å². The number of hydrogen-bond acceptors (Lipinski definition) is 2. The van der Waals surface area contributed by atoms with E-state index in [4.69, 9.17) is 4.43 Å². The maximum Gasteiger partial charge on any atom is 0.192 e. The van der Waals surface area contributed by atoms with E-state index in [0.717, 1.165) is 12.8 Å². The van der Waals surface area contributed by atoms with E-state index < -0.39 is 8.32 Å². The zero-order chi connectivity index (χ0) is 15.3. The van der Waals surface area contributed by atoms with Gasteiger partial charge in [0.05, 0.1) is 0 Å². The van der Waals surface area contributed by atoms with Gasteiger partial charge in [-0.2, -0.15) is 0 Å². The largest absolute Gasteiger partial charge is 0.414 e.